The van der Waals surface area contributed by atoms with E-state index in [9.17, 15) is 9.59 Å². The Morgan fingerprint density at radius 2 is 2.06 bits per heavy atom. The monoisotopic (exact) mass is 254 g/mol. The maximum absolute atomic E-state index is 11.9. The quantitative estimate of drug-likeness (QED) is 0.849. The first-order chi connectivity index (χ1) is 8.16. The summed E-state index contributed by atoms with van der Waals surface area (Å²) in [4.78, 5) is 25.4. The van der Waals surface area contributed by atoms with Gasteiger partial charge in [0.2, 0.25) is 0 Å². The highest BCUT2D eigenvalue weighted by atomic mass is 35.5. The molecule has 92 valence electrons. The molecule has 5 heteroatoms. The smallest absolute Gasteiger partial charge is 0.266 e. The first-order valence-electron chi connectivity index (χ1n) is 5.86. The molecule has 1 fully saturated rings. The molecule has 2 rings (SSSR count). The zero-order valence-corrected chi connectivity index (χ0v) is 10.2. The Labute approximate surface area is 104 Å². The second-order valence-corrected chi connectivity index (χ2v) is 4.78. The lowest BCUT2D eigenvalue weighted by Gasteiger charge is -2.22. The van der Waals surface area contributed by atoms with Crippen LogP contribution in [0.15, 0.2) is 17.1 Å². The van der Waals surface area contributed by atoms with E-state index in [1.807, 2.05) is 0 Å². The minimum absolute atomic E-state index is 0.0429. The van der Waals surface area contributed by atoms with E-state index in [2.05, 4.69) is 10.3 Å². The molecule has 0 unspecified atom stereocenters. The highest BCUT2D eigenvalue weighted by molar-refractivity contribution is 6.30. The molecule has 0 atom stereocenters. The van der Waals surface area contributed by atoms with Gasteiger partial charge in [-0.1, -0.05) is 30.9 Å². The Hall–Kier alpha value is -1.29. The molecule has 0 saturated heterocycles. The predicted octanol–water partition coefficient (Wildman–Crippen LogP) is 2.09. The fourth-order valence-electron chi connectivity index (χ4n) is 2.10. The third kappa shape index (κ3) is 3.09. The van der Waals surface area contributed by atoms with Gasteiger partial charge in [0.15, 0.2) is 0 Å². The van der Waals surface area contributed by atoms with Gasteiger partial charge in [0.05, 0.1) is 5.56 Å². The Morgan fingerprint density at radius 1 is 1.35 bits per heavy atom. The van der Waals surface area contributed by atoms with Crippen LogP contribution >= 0.6 is 11.6 Å². The van der Waals surface area contributed by atoms with E-state index in [1.54, 1.807) is 0 Å². The van der Waals surface area contributed by atoms with Crippen LogP contribution in [0.25, 0.3) is 0 Å². The minimum atomic E-state index is -0.374. The van der Waals surface area contributed by atoms with Crippen molar-refractivity contribution in [3.63, 3.8) is 0 Å². The van der Waals surface area contributed by atoms with Crippen LogP contribution in [0.3, 0.4) is 0 Å². The molecule has 0 radical (unpaired) electrons. The number of amides is 1. The summed E-state index contributed by atoms with van der Waals surface area (Å²) >= 11 is 5.68. The van der Waals surface area contributed by atoms with Crippen LogP contribution in [0.4, 0.5) is 0 Å². The van der Waals surface area contributed by atoms with E-state index < -0.39 is 0 Å². The zero-order chi connectivity index (χ0) is 12.3. The fourth-order valence-corrected chi connectivity index (χ4v) is 2.27. The molecule has 4 nitrogen and oxygen atoms in total. The molecule has 1 aliphatic carbocycles. The molecule has 1 heterocycles. The lowest BCUT2D eigenvalue weighted by atomic mass is 9.95. The number of carbonyl (C=O) groups is 1. The molecule has 1 aromatic heterocycles. The van der Waals surface area contributed by atoms with Crippen molar-refractivity contribution in [1.29, 1.82) is 0 Å². The van der Waals surface area contributed by atoms with Gasteiger partial charge in [0.25, 0.3) is 11.5 Å². The Morgan fingerprint density at radius 3 is 2.71 bits per heavy atom. The Bertz CT molecular complexity index is 464. The van der Waals surface area contributed by atoms with E-state index in [0.29, 0.717) is 5.56 Å². The number of pyridine rings is 1. The number of halogens is 1. The molecule has 0 aromatic carbocycles. The van der Waals surface area contributed by atoms with Gasteiger partial charge in [-0.3, -0.25) is 9.59 Å². The summed E-state index contributed by atoms with van der Waals surface area (Å²) in [6, 6.07) is 1.65. The number of H-pyrrole nitrogens is 1. The maximum Gasteiger partial charge on any atom is 0.266 e. The summed E-state index contributed by atoms with van der Waals surface area (Å²) < 4.78 is 0. The highest BCUT2D eigenvalue weighted by Gasteiger charge is 2.17. The second-order valence-electron chi connectivity index (χ2n) is 4.37. The van der Waals surface area contributed by atoms with Gasteiger partial charge >= 0.3 is 0 Å². The Kier molecular flexibility index (Phi) is 3.84. The summed E-state index contributed by atoms with van der Waals surface area (Å²) in [5.41, 5.74) is 0.0288. The number of hydrogen-bond acceptors (Lipinski definition) is 2. The molecule has 17 heavy (non-hydrogen) atoms. The van der Waals surface area contributed by atoms with Crippen molar-refractivity contribution in [3.8, 4) is 0 Å². The van der Waals surface area contributed by atoms with E-state index in [4.69, 9.17) is 11.6 Å². The van der Waals surface area contributed by atoms with Crippen molar-refractivity contribution in [2.24, 2.45) is 0 Å². The summed E-state index contributed by atoms with van der Waals surface area (Å²) in [5, 5.41) is 3.01. The number of rotatable bonds is 2. The second kappa shape index (κ2) is 5.36. The van der Waals surface area contributed by atoms with Crippen molar-refractivity contribution in [1.82, 2.24) is 10.3 Å². The van der Waals surface area contributed by atoms with Crippen LogP contribution in [0.5, 0.6) is 0 Å². The van der Waals surface area contributed by atoms with Gasteiger partial charge < -0.3 is 10.3 Å². The van der Waals surface area contributed by atoms with Crippen molar-refractivity contribution < 1.29 is 4.79 Å². The molecule has 1 saturated carbocycles. The van der Waals surface area contributed by atoms with Gasteiger partial charge in [-0.2, -0.15) is 0 Å². The van der Waals surface area contributed by atoms with E-state index >= 15 is 0 Å². The van der Waals surface area contributed by atoms with Crippen molar-refractivity contribution >= 4 is 17.5 Å². The number of nitrogens with one attached hydrogen (secondary N) is 2. The average Bonchev–Trinajstić information content (AvgIpc) is 2.34. The van der Waals surface area contributed by atoms with Crippen LogP contribution in [-0.2, 0) is 0 Å². The average molecular weight is 255 g/mol. The predicted molar refractivity (Wildman–Crippen MR) is 66.4 cm³/mol. The van der Waals surface area contributed by atoms with Crippen molar-refractivity contribution in [3.05, 3.63) is 33.2 Å². The van der Waals surface area contributed by atoms with Crippen molar-refractivity contribution in [2.75, 3.05) is 0 Å². The summed E-state index contributed by atoms with van der Waals surface area (Å²) in [6.45, 7) is 0. The molecule has 0 spiro atoms. The van der Waals surface area contributed by atoms with Gasteiger partial charge in [-0.15, -0.1) is 0 Å². The molecule has 0 aliphatic heterocycles. The lowest BCUT2D eigenvalue weighted by Crippen LogP contribution is -2.36. The van der Waals surface area contributed by atoms with E-state index in [0.717, 1.165) is 25.7 Å². The van der Waals surface area contributed by atoms with Gasteiger partial charge in [0, 0.05) is 12.2 Å². The standard InChI is InChI=1S/C12H15ClN2O2/c13-10-6-8(7-14-12(10)17)11(16)15-9-4-2-1-3-5-9/h6-7,9H,1-5H2,(H,14,17)(H,15,16). The van der Waals surface area contributed by atoms with Crippen LogP contribution in [0, 0.1) is 0 Å². The molecular formula is C12H15ClN2O2. The molecular weight excluding hydrogens is 240 g/mol. The molecule has 2 N–H and O–H groups in total. The third-order valence-electron chi connectivity index (χ3n) is 3.06. The number of carbonyl (C=O) groups excluding carboxylic acids is 1. The molecule has 0 bridgehead atoms. The van der Waals surface area contributed by atoms with E-state index in [-0.39, 0.29) is 22.5 Å². The summed E-state index contributed by atoms with van der Waals surface area (Å²) in [7, 11) is 0. The van der Waals surface area contributed by atoms with Gasteiger partial charge in [0.1, 0.15) is 5.02 Å². The first kappa shape index (κ1) is 12.2. The fraction of sp³-hybridized carbons (Fsp3) is 0.500. The minimum Gasteiger partial charge on any atom is -0.349 e. The largest absolute Gasteiger partial charge is 0.349 e. The maximum atomic E-state index is 11.9. The molecule has 1 amide bonds. The van der Waals surface area contributed by atoms with Crippen molar-refractivity contribution in [2.45, 2.75) is 38.1 Å². The molecule has 1 aliphatic rings. The number of hydrogen-bond donors (Lipinski definition) is 2. The third-order valence-corrected chi connectivity index (χ3v) is 3.34. The van der Waals surface area contributed by atoms with Crippen LogP contribution in [0.2, 0.25) is 5.02 Å². The SMILES string of the molecule is O=C(NC1CCCCC1)c1c[nH]c(=O)c(Cl)c1. The molecule has 1 aromatic rings. The topological polar surface area (TPSA) is 62.0 Å². The van der Waals surface area contributed by atoms with Gasteiger partial charge in [-0.25, -0.2) is 0 Å². The van der Waals surface area contributed by atoms with Gasteiger partial charge in [-0.05, 0) is 18.9 Å². The highest BCUT2D eigenvalue weighted by Crippen LogP contribution is 2.17. The zero-order valence-electron chi connectivity index (χ0n) is 9.46. The van der Waals surface area contributed by atoms with Crippen LogP contribution in [0.1, 0.15) is 42.5 Å². The van der Waals surface area contributed by atoms with Crippen LogP contribution < -0.4 is 10.9 Å². The first-order valence-corrected chi connectivity index (χ1v) is 6.24. The normalized spacial score (nSPS) is 16.8. The number of aromatic nitrogens is 1. The van der Waals surface area contributed by atoms with E-state index in [1.165, 1.54) is 18.7 Å². The summed E-state index contributed by atoms with van der Waals surface area (Å²) in [5.74, 6) is -0.171. The van der Waals surface area contributed by atoms with Crippen LogP contribution in [-0.4, -0.2) is 16.9 Å². The Balaban J connectivity index is 2.03. The number of aromatic amines is 1. The lowest BCUT2D eigenvalue weighted by molar-refractivity contribution is 0.0927. The summed E-state index contributed by atoms with van der Waals surface area (Å²) in [6.07, 6.45) is 7.03.